The SMILES string of the molecule is CO[Si](C)(C)C(C)(C)C(C)(C)C. The minimum absolute atomic E-state index is 0.300. The van der Waals surface area contributed by atoms with Crippen LogP contribution in [0.1, 0.15) is 34.6 Å². The van der Waals surface area contributed by atoms with Gasteiger partial charge in [-0.2, -0.15) is 0 Å². The minimum atomic E-state index is -1.54. The summed E-state index contributed by atoms with van der Waals surface area (Å²) < 4.78 is 5.67. The van der Waals surface area contributed by atoms with Gasteiger partial charge in [0.1, 0.15) is 0 Å². The molecule has 1 nitrogen and oxygen atoms in total. The largest absolute Gasteiger partial charge is 0.420 e. The fourth-order valence-electron chi connectivity index (χ4n) is 1.16. The first kappa shape index (κ1) is 12.2. The molecule has 0 aliphatic heterocycles. The van der Waals surface area contributed by atoms with Crippen molar-refractivity contribution >= 4 is 8.32 Å². The summed E-state index contributed by atoms with van der Waals surface area (Å²) in [6.07, 6.45) is 0. The van der Waals surface area contributed by atoms with Crippen LogP contribution in [0.5, 0.6) is 0 Å². The predicted octanol–water partition coefficient (Wildman–Crippen LogP) is 3.66. The lowest BCUT2D eigenvalue weighted by Crippen LogP contribution is -2.48. The van der Waals surface area contributed by atoms with Gasteiger partial charge in [-0.1, -0.05) is 34.6 Å². The highest BCUT2D eigenvalue weighted by Gasteiger charge is 2.47. The van der Waals surface area contributed by atoms with Crippen molar-refractivity contribution < 1.29 is 4.43 Å². The van der Waals surface area contributed by atoms with E-state index in [4.69, 9.17) is 4.43 Å². The van der Waals surface area contributed by atoms with Crippen molar-refractivity contribution in [2.45, 2.75) is 52.8 Å². The molecule has 0 saturated heterocycles. The predicted molar refractivity (Wildman–Crippen MR) is 58.0 cm³/mol. The van der Waals surface area contributed by atoms with Crippen molar-refractivity contribution in [1.29, 1.82) is 0 Å². The number of rotatable bonds is 2. The molecule has 0 unspecified atom stereocenters. The molecule has 2 heteroatoms. The first-order valence-corrected chi connectivity index (χ1v) is 7.52. The van der Waals surface area contributed by atoms with E-state index in [1.165, 1.54) is 0 Å². The van der Waals surface area contributed by atoms with E-state index in [0.717, 1.165) is 0 Å². The highest BCUT2D eigenvalue weighted by atomic mass is 28.4. The second-order valence-corrected chi connectivity index (χ2v) is 10.3. The van der Waals surface area contributed by atoms with Crippen LogP contribution in [0.4, 0.5) is 0 Å². The van der Waals surface area contributed by atoms with Crippen LogP contribution in [0.15, 0.2) is 0 Å². The maximum Gasteiger partial charge on any atom is 0.192 e. The average molecular weight is 188 g/mol. The van der Waals surface area contributed by atoms with Crippen molar-refractivity contribution in [3.63, 3.8) is 0 Å². The van der Waals surface area contributed by atoms with Crippen LogP contribution >= 0.6 is 0 Å². The molecule has 0 aliphatic carbocycles. The zero-order chi connectivity index (χ0) is 10.2. The fraction of sp³-hybridized carbons (Fsp3) is 1.00. The van der Waals surface area contributed by atoms with E-state index in [1.807, 2.05) is 7.11 Å². The normalized spacial score (nSPS) is 15.0. The summed E-state index contributed by atoms with van der Waals surface area (Å²) in [4.78, 5) is 0. The van der Waals surface area contributed by atoms with Gasteiger partial charge in [-0.3, -0.25) is 0 Å². The molecule has 74 valence electrons. The summed E-state index contributed by atoms with van der Waals surface area (Å²) >= 11 is 0. The van der Waals surface area contributed by atoms with Gasteiger partial charge >= 0.3 is 0 Å². The third kappa shape index (κ3) is 1.91. The summed E-state index contributed by atoms with van der Waals surface area (Å²) in [6.45, 7) is 16.1. The van der Waals surface area contributed by atoms with E-state index < -0.39 is 8.32 Å². The van der Waals surface area contributed by atoms with Crippen LogP contribution in [-0.2, 0) is 4.43 Å². The standard InChI is InChI=1S/C10H24OSi/c1-9(2,3)10(4,5)12(7,8)11-6/h1-8H3. The molecule has 12 heavy (non-hydrogen) atoms. The van der Waals surface area contributed by atoms with Gasteiger partial charge in [-0.25, -0.2) is 0 Å². The summed E-state index contributed by atoms with van der Waals surface area (Å²) in [5.41, 5.74) is 0.318. The molecule has 0 saturated carbocycles. The molecule has 0 aromatic rings. The van der Waals surface area contributed by atoms with Crippen molar-refractivity contribution in [2.24, 2.45) is 5.41 Å². The molecule has 0 aromatic carbocycles. The monoisotopic (exact) mass is 188 g/mol. The Hall–Kier alpha value is 0.177. The molecule has 0 atom stereocenters. The molecule has 0 radical (unpaired) electrons. The molecule has 0 fully saturated rings. The highest BCUT2D eigenvalue weighted by molar-refractivity contribution is 6.74. The van der Waals surface area contributed by atoms with Crippen molar-refractivity contribution in [1.82, 2.24) is 0 Å². The quantitative estimate of drug-likeness (QED) is 0.601. The first-order chi connectivity index (χ1) is 5.06. The maximum absolute atomic E-state index is 5.67. The van der Waals surface area contributed by atoms with Gasteiger partial charge in [0, 0.05) is 7.11 Å². The van der Waals surface area contributed by atoms with E-state index in [-0.39, 0.29) is 0 Å². The molecule has 0 bridgehead atoms. The van der Waals surface area contributed by atoms with Crippen LogP contribution in [-0.4, -0.2) is 15.4 Å². The van der Waals surface area contributed by atoms with Crippen molar-refractivity contribution in [3.8, 4) is 0 Å². The van der Waals surface area contributed by atoms with Crippen LogP contribution in [0.2, 0.25) is 18.1 Å². The Kier molecular flexibility index (Phi) is 3.19. The van der Waals surface area contributed by atoms with Gasteiger partial charge in [0.2, 0.25) is 0 Å². The average Bonchev–Trinajstić information content (AvgIpc) is 1.85. The van der Waals surface area contributed by atoms with Crippen molar-refractivity contribution in [2.75, 3.05) is 7.11 Å². The molecule has 0 N–H and O–H groups in total. The minimum Gasteiger partial charge on any atom is -0.420 e. The van der Waals surface area contributed by atoms with Crippen LogP contribution in [0, 0.1) is 5.41 Å². The van der Waals surface area contributed by atoms with Gasteiger partial charge in [0.05, 0.1) is 0 Å². The zero-order valence-corrected chi connectivity index (χ0v) is 10.9. The van der Waals surface area contributed by atoms with Crippen LogP contribution < -0.4 is 0 Å². The number of hydrogen-bond acceptors (Lipinski definition) is 1. The Labute approximate surface area is 78.6 Å². The van der Waals surface area contributed by atoms with E-state index >= 15 is 0 Å². The van der Waals surface area contributed by atoms with E-state index in [2.05, 4.69) is 47.7 Å². The van der Waals surface area contributed by atoms with E-state index in [9.17, 15) is 0 Å². The smallest absolute Gasteiger partial charge is 0.192 e. The molecule has 0 amide bonds. The van der Waals surface area contributed by atoms with Crippen LogP contribution in [0.25, 0.3) is 0 Å². The van der Waals surface area contributed by atoms with Crippen LogP contribution in [0.3, 0.4) is 0 Å². The molecular formula is C10H24OSi. The summed E-state index contributed by atoms with van der Waals surface area (Å²) in [7, 11) is 0.307. The lowest BCUT2D eigenvalue weighted by molar-refractivity contribution is 0.243. The second kappa shape index (κ2) is 3.15. The third-order valence-corrected chi connectivity index (χ3v) is 8.67. The Morgan fingerprint density at radius 1 is 0.917 bits per heavy atom. The topological polar surface area (TPSA) is 9.23 Å². The molecule has 0 aromatic heterocycles. The molecular weight excluding hydrogens is 164 g/mol. The molecule has 0 rings (SSSR count). The Morgan fingerprint density at radius 3 is 1.33 bits per heavy atom. The van der Waals surface area contributed by atoms with Gasteiger partial charge in [-0.15, -0.1) is 0 Å². The maximum atomic E-state index is 5.67. The Morgan fingerprint density at radius 2 is 1.25 bits per heavy atom. The van der Waals surface area contributed by atoms with E-state index in [0.29, 0.717) is 10.5 Å². The second-order valence-electron chi connectivity index (χ2n) is 5.59. The number of hydrogen-bond donors (Lipinski definition) is 0. The third-order valence-electron chi connectivity index (χ3n) is 3.89. The lowest BCUT2D eigenvalue weighted by Gasteiger charge is -2.47. The summed E-state index contributed by atoms with van der Waals surface area (Å²) in [5, 5.41) is 0.300. The molecule has 0 heterocycles. The highest BCUT2D eigenvalue weighted by Crippen LogP contribution is 2.51. The summed E-state index contributed by atoms with van der Waals surface area (Å²) in [5.74, 6) is 0. The van der Waals surface area contributed by atoms with Crippen molar-refractivity contribution in [3.05, 3.63) is 0 Å². The van der Waals surface area contributed by atoms with Gasteiger partial charge in [0.25, 0.3) is 0 Å². The molecule has 0 aliphatic rings. The van der Waals surface area contributed by atoms with E-state index in [1.54, 1.807) is 0 Å². The molecule has 0 spiro atoms. The first-order valence-electron chi connectivity index (χ1n) is 4.61. The Balaban J connectivity index is 4.85. The fourth-order valence-corrected chi connectivity index (χ4v) is 3.47. The Bertz CT molecular complexity index is 154. The summed E-state index contributed by atoms with van der Waals surface area (Å²) in [6, 6.07) is 0. The van der Waals surface area contributed by atoms with Gasteiger partial charge < -0.3 is 4.43 Å². The lowest BCUT2D eigenvalue weighted by atomic mass is 9.82. The zero-order valence-electron chi connectivity index (χ0n) is 9.91. The van der Waals surface area contributed by atoms with Gasteiger partial charge in [-0.05, 0) is 23.5 Å². The van der Waals surface area contributed by atoms with Gasteiger partial charge in [0.15, 0.2) is 8.32 Å².